The molecule has 0 amide bonds. The summed E-state index contributed by atoms with van der Waals surface area (Å²) in [5.74, 6) is 0. The molecule has 0 aliphatic rings. The Morgan fingerprint density at radius 3 is 1.80 bits per heavy atom. The summed E-state index contributed by atoms with van der Waals surface area (Å²) in [6.07, 6.45) is 0. The molecule has 0 radical (unpaired) electrons. The quantitative estimate of drug-likeness (QED) is 0.546. The van der Waals surface area contributed by atoms with Gasteiger partial charge in [0.15, 0.2) is 0 Å². The van der Waals surface area contributed by atoms with Crippen LogP contribution in [0.4, 0.5) is 0 Å². The number of nitrogens with one attached hydrogen (secondary N) is 1. The van der Waals surface area contributed by atoms with Crippen LogP contribution in [0.5, 0.6) is 0 Å². The van der Waals surface area contributed by atoms with Crippen LogP contribution in [0, 0.1) is 6.92 Å². The van der Waals surface area contributed by atoms with Crippen molar-refractivity contribution in [3.63, 3.8) is 0 Å². The summed E-state index contributed by atoms with van der Waals surface area (Å²) in [4.78, 5) is 0. The summed E-state index contributed by atoms with van der Waals surface area (Å²) >= 11 is 3.54. The molecule has 1 aromatic rings. The Morgan fingerprint density at radius 1 is 1.20 bits per heavy atom. The number of aryl methyl sites for hydroxylation is 1. The molecule has 56 valence electrons. The first-order chi connectivity index (χ1) is 4.81. The predicted molar refractivity (Wildman–Crippen MR) is 49.2 cm³/mol. The fourth-order valence-electron chi connectivity index (χ4n) is 0.534. The highest BCUT2D eigenvalue weighted by molar-refractivity contribution is 7.78. The van der Waals surface area contributed by atoms with Crippen molar-refractivity contribution in [1.82, 2.24) is 4.72 Å². The van der Waals surface area contributed by atoms with Crippen molar-refractivity contribution in [2.24, 2.45) is 0 Å². The van der Waals surface area contributed by atoms with Crippen molar-refractivity contribution in [2.45, 2.75) is 6.92 Å². The molecular formula is C8H13NS. The maximum atomic E-state index is 3.54. The van der Waals surface area contributed by atoms with E-state index in [4.69, 9.17) is 0 Å². The molecule has 0 aromatic heterocycles. The number of hydrogen-bond acceptors (Lipinski definition) is 2. The van der Waals surface area contributed by atoms with E-state index in [2.05, 4.69) is 36.6 Å². The number of hydrogen-bond donors (Lipinski definition) is 2. The van der Waals surface area contributed by atoms with Crippen LogP contribution in [-0.4, -0.2) is 7.05 Å². The van der Waals surface area contributed by atoms with Gasteiger partial charge in [-0.05, 0) is 14.0 Å². The van der Waals surface area contributed by atoms with Gasteiger partial charge in [0, 0.05) is 0 Å². The van der Waals surface area contributed by atoms with Gasteiger partial charge in [-0.25, -0.2) is 0 Å². The Morgan fingerprint density at radius 2 is 1.60 bits per heavy atom. The Hall–Kier alpha value is -0.470. The lowest BCUT2D eigenvalue weighted by Gasteiger charge is -1.82. The van der Waals surface area contributed by atoms with Crippen LogP contribution in [0.2, 0.25) is 0 Å². The topological polar surface area (TPSA) is 12.0 Å². The molecule has 1 aromatic carbocycles. The number of thiol groups is 1. The highest BCUT2D eigenvalue weighted by Crippen LogP contribution is 1.92. The molecule has 0 aliphatic heterocycles. The highest BCUT2D eigenvalue weighted by atomic mass is 32.1. The zero-order chi connectivity index (χ0) is 7.82. The first kappa shape index (κ1) is 9.53. The van der Waals surface area contributed by atoms with Gasteiger partial charge in [0.25, 0.3) is 0 Å². The SMILES string of the molecule is CNS.Cc1ccccc1. The summed E-state index contributed by atoms with van der Waals surface area (Å²) in [6, 6.07) is 10.3. The van der Waals surface area contributed by atoms with E-state index < -0.39 is 0 Å². The van der Waals surface area contributed by atoms with Gasteiger partial charge in [-0.2, -0.15) is 0 Å². The summed E-state index contributed by atoms with van der Waals surface area (Å²) < 4.78 is 2.44. The lowest BCUT2D eigenvalue weighted by molar-refractivity contribution is 1.32. The van der Waals surface area contributed by atoms with E-state index in [0.29, 0.717) is 0 Å². The first-order valence-corrected chi connectivity index (χ1v) is 3.58. The van der Waals surface area contributed by atoms with Crippen molar-refractivity contribution in [1.29, 1.82) is 0 Å². The van der Waals surface area contributed by atoms with E-state index >= 15 is 0 Å². The molecule has 0 heterocycles. The molecule has 0 saturated carbocycles. The molecule has 0 fully saturated rings. The molecule has 0 spiro atoms. The van der Waals surface area contributed by atoms with Crippen LogP contribution < -0.4 is 4.72 Å². The second-order valence-corrected chi connectivity index (χ2v) is 2.33. The van der Waals surface area contributed by atoms with Gasteiger partial charge < -0.3 is 0 Å². The van der Waals surface area contributed by atoms with Crippen molar-refractivity contribution in [2.75, 3.05) is 7.05 Å². The molecule has 0 bridgehead atoms. The molecule has 1 nitrogen and oxygen atoms in total. The molecule has 10 heavy (non-hydrogen) atoms. The average Bonchev–Trinajstić information content (AvgIpc) is 1.91. The normalized spacial score (nSPS) is 7.90. The predicted octanol–water partition coefficient (Wildman–Crippen LogP) is 2.05. The van der Waals surface area contributed by atoms with E-state index in [1.807, 2.05) is 18.2 Å². The van der Waals surface area contributed by atoms with Gasteiger partial charge in [-0.1, -0.05) is 48.7 Å². The monoisotopic (exact) mass is 155 g/mol. The van der Waals surface area contributed by atoms with E-state index in [0.717, 1.165) is 0 Å². The van der Waals surface area contributed by atoms with Crippen molar-refractivity contribution in [3.8, 4) is 0 Å². The lowest BCUT2D eigenvalue weighted by atomic mass is 10.2. The van der Waals surface area contributed by atoms with E-state index in [9.17, 15) is 0 Å². The van der Waals surface area contributed by atoms with Crippen LogP contribution in [-0.2, 0) is 0 Å². The molecular weight excluding hydrogens is 142 g/mol. The Balaban J connectivity index is 0.000000236. The number of rotatable bonds is 0. The zero-order valence-electron chi connectivity index (χ0n) is 6.33. The van der Waals surface area contributed by atoms with Crippen LogP contribution in [0.15, 0.2) is 30.3 Å². The minimum Gasteiger partial charge on any atom is -0.270 e. The van der Waals surface area contributed by atoms with Crippen LogP contribution in [0.25, 0.3) is 0 Å². The van der Waals surface area contributed by atoms with Gasteiger partial charge in [-0.15, -0.1) is 0 Å². The zero-order valence-corrected chi connectivity index (χ0v) is 7.23. The minimum absolute atomic E-state index is 1.32. The maximum Gasteiger partial charge on any atom is -0.00587 e. The summed E-state index contributed by atoms with van der Waals surface area (Å²) in [7, 11) is 1.74. The largest absolute Gasteiger partial charge is 0.270 e. The maximum absolute atomic E-state index is 3.54. The van der Waals surface area contributed by atoms with E-state index in [-0.39, 0.29) is 0 Å². The second kappa shape index (κ2) is 6.65. The fraction of sp³-hybridized carbons (Fsp3) is 0.250. The standard InChI is InChI=1S/C7H8.CH5NS/c1-7-5-3-2-4-6-7;1-2-3/h2-6H,1H3;2-3H,1H3. The van der Waals surface area contributed by atoms with Gasteiger partial charge in [0.1, 0.15) is 0 Å². The van der Waals surface area contributed by atoms with E-state index in [1.54, 1.807) is 7.05 Å². The third-order valence-corrected chi connectivity index (χ3v) is 0.940. The van der Waals surface area contributed by atoms with Crippen molar-refractivity contribution in [3.05, 3.63) is 35.9 Å². The van der Waals surface area contributed by atoms with E-state index in [1.165, 1.54) is 5.56 Å². The lowest BCUT2D eigenvalue weighted by Crippen LogP contribution is -1.76. The van der Waals surface area contributed by atoms with Crippen molar-refractivity contribution >= 4 is 12.8 Å². The molecule has 0 unspecified atom stereocenters. The average molecular weight is 155 g/mol. The van der Waals surface area contributed by atoms with Gasteiger partial charge in [0.2, 0.25) is 0 Å². The summed E-state index contributed by atoms with van der Waals surface area (Å²) in [5, 5.41) is 0. The Kier molecular flexibility index (Phi) is 6.33. The molecule has 1 N–H and O–H groups in total. The summed E-state index contributed by atoms with van der Waals surface area (Å²) in [6.45, 7) is 2.08. The molecule has 2 heteroatoms. The van der Waals surface area contributed by atoms with Crippen LogP contribution in [0.1, 0.15) is 5.56 Å². The minimum atomic E-state index is 1.32. The fourth-order valence-corrected chi connectivity index (χ4v) is 0.534. The summed E-state index contributed by atoms with van der Waals surface area (Å²) in [5.41, 5.74) is 1.32. The smallest absolute Gasteiger partial charge is 0.00587 e. The Labute approximate surface area is 68.0 Å². The Bertz CT molecular complexity index is 151. The van der Waals surface area contributed by atoms with Crippen LogP contribution in [0.3, 0.4) is 0 Å². The third kappa shape index (κ3) is 5.66. The van der Waals surface area contributed by atoms with Gasteiger partial charge in [0.05, 0.1) is 0 Å². The molecule has 0 saturated heterocycles. The number of benzene rings is 1. The molecule has 0 aliphatic carbocycles. The molecule has 1 rings (SSSR count). The van der Waals surface area contributed by atoms with Crippen LogP contribution >= 0.6 is 12.8 Å². The second-order valence-electron chi connectivity index (χ2n) is 1.88. The van der Waals surface area contributed by atoms with Gasteiger partial charge >= 0.3 is 0 Å². The first-order valence-electron chi connectivity index (χ1n) is 3.13. The third-order valence-electron chi connectivity index (χ3n) is 0.940. The van der Waals surface area contributed by atoms with Crippen molar-refractivity contribution < 1.29 is 0 Å². The van der Waals surface area contributed by atoms with Gasteiger partial charge in [-0.3, -0.25) is 4.72 Å². The highest BCUT2D eigenvalue weighted by Gasteiger charge is 1.72. The molecule has 0 atom stereocenters.